The molecule has 20 heavy (non-hydrogen) atoms. The van der Waals surface area contributed by atoms with Gasteiger partial charge in [-0.3, -0.25) is 0 Å². The Bertz CT molecular complexity index is 591. The Labute approximate surface area is 123 Å². The van der Waals surface area contributed by atoms with E-state index in [1.807, 2.05) is 38.1 Å². The standard InChI is InChI=1S/C14H17N3O2S/c1-9-13(10(2)19-17-9)8-15-14(20)16-11-5-4-6-12(7-11)18-3/h4-7H,8H2,1-3H3,(H2,15,16,20). The van der Waals surface area contributed by atoms with Gasteiger partial charge >= 0.3 is 0 Å². The van der Waals surface area contributed by atoms with Crippen molar-refractivity contribution in [2.45, 2.75) is 20.4 Å². The molecule has 0 bridgehead atoms. The Morgan fingerprint density at radius 1 is 1.40 bits per heavy atom. The monoisotopic (exact) mass is 291 g/mol. The zero-order valence-electron chi connectivity index (χ0n) is 11.7. The Hall–Kier alpha value is -2.08. The van der Waals surface area contributed by atoms with Crippen molar-refractivity contribution in [3.05, 3.63) is 41.3 Å². The summed E-state index contributed by atoms with van der Waals surface area (Å²) in [7, 11) is 1.63. The van der Waals surface area contributed by atoms with Crippen LogP contribution in [0.2, 0.25) is 0 Å². The van der Waals surface area contributed by atoms with E-state index in [0.717, 1.165) is 28.5 Å². The molecular formula is C14H17N3O2S. The van der Waals surface area contributed by atoms with Gasteiger partial charge in [0.05, 0.1) is 12.8 Å². The topological polar surface area (TPSA) is 59.3 Å². The highest BCUT2D eigenvalue weighted by Gasteiger charge is 2.09. The van der Waals surface area contributed by atoms with E-state index < -0.39 is 0 Å². The second kappa shape index (κ2) is 6.38. The molecule has 2 N–H and O–H groups in total. The molecule has 0 atom stereocenters. The number of methoxy groups -OCH3 is 1. The van der Waals surface area contributed by atoms with Crippen LogP contribution < -0.4 is 15.4 Å². The average Bonchev–Trinajstić information content (AvgIpc) is 2.76. The van der Waals surface area contributed by atoms with E-state index in [1.165, 1.54) is 0 Å². The lowest BCUT2D eigenvalue weighted by atomic mass is 10.2. The molecule has 0 aliphatic heterocycles. The molecular weight excluding hydrogens is 274 g/mol. The summed E-state index contributed by atoms with van der Waals surface area (Å²) in [5, 5.41) is 10.7. The molecule has 6 heteroatoms. The van der Waals surface area contributed by atoms with Crippen molar-refractivity contribution < 1.29 is 9.26 Å². The van der Waals surface area contributed by atoms with E-state index in [-0.39, 0.29) is 0 Å². The molecule has 106 valence electrons. The Morgan fingerprint density at radius 3 is 2.85 bits per heavy atom. The normalized spacial score (nSPS) is 10.2. The van der Waals surface area contributed by atoms with Gasteiger partial charge in [0, 0.05) is 23.9 Å². The van der Waals surface area contributed by atoms with Crippen LogP contribution in [0.1, 0.15) is 17.0 Å². The molecule has 0 spiro atoms. The number of anilines is 1. The van der Waals surface area contributed by atoms with Crippen LogP contribution in [0, 0.1) is 13.8 Å². The third-order valence-electron chi connectivity index (χ3n) is 2.93. The second-order valence-corrected chi connectivity index (χ2v) is 4.75. The molecule has 1 aromatic heterocycles. The van der Waals surface area contributed by atoms with Crippen molar-refractivity contribution in [3.63, 3.8) is 0 Å². The minimum absolute atomic E-state index is 0.540. The third kappa shape index (κ3) is 3.48. The predicted molar refractivity (Wildman–Crippen MR) is 82.0 cm³/mol. The highest BCUT2D eigenvalue weighted by atomic mass is 32.1. The third-order valence-corrected chi connectivity index (χ3v) is 3.18. The number of aromatic nitrogens is 1. The first-order valence-electron chi connectivity index (χ1n) is 6.21. The molecule has 0 fully saturated rings. The van der Waals surface area contributed by atoms with Crippen LogP contribution in [0.5, 0.6) is 5.75 Å². The number of rotatable bonds is 4. The minimum Gasteiger partial charge on any atom is -0.497 e. The number of benzene rings is 1. The van der Waals surface area contributed by atoms with Crippen LogP contribution in [0.15, 0.2) is 28.8 Å². The van der Waals surface area contributed by atoms with Crippen molar-refractivity contribution in [1.82, 2.24) is 10.5 Å². The van der Waals surface area contributed by atoms with Gasteiger partial charge in [-0.25, -0.2) is 0 Å². The molecule has 2 rings (SSSR count). The van der Waals surface area contributed by atoms with Crippen LogP contribution in [0.4, 0.5) is 5.69 Å². The molecule has 0 aliphatic rings. The highest BCUT2D eigenvalue weighted by Crippen LogP contribution is 2.16. The second-order valence-electron chi connectivity index (χ2n) is 4.34. The van der Waals surface area contributed by atoms with Gasteiger partial charge in [0.1, 0.15) is 11.5 Å². The molecule has 0 radical (unpaired) electrons. The molecule has 2 aromatic rings. The number of nitrogens with one attached hydrogen (secondary N) is 2. The quantitative estimate of drug-likeness (QED) is 0.845. The van der Waals surface area contributed by atoms with E-state index in [2.05, 4.69) is 15.8 Å². The number of nitrogens with zero attached hydrogens (tertiary/aromatic N) is 1. The van der Waals surface area contributed by atoms with Crippen LogP contribution in [-0.2, 0) is 6.54 Å². The van der Waals surface area contributed by atoms with Crippen molar-refractivity contribution in [2.75, 3.05) is 12.4 Å². The van der Waals surface area contributed by atoms with Gasteiger partial charge in [-0.05, 0) is 38.2 Å². The number of hydrogen-bond donors (Lipinski definition) is 2. The van der Waals surface area contributed by atoms with Crippen molar-refractivity contribution in [2.24, 2.45) is 0 Å². The summed E-state index contributed by atoms with van der Waals surface area (Å²) >= 11 is 5.26. The van der Waals surface area contributed by atoms with E-state index in [4.69, 9.17) is 21.5 Å². The minimum atomic E-state index is 0.540. The number of thiocarbonyl (C=S) groups is 1. The van der Waals surface area contributed by atoms with Gasteiger partial charge in [0.2, 0.25) is 0 Å². The molecule has 0 saturated carbocycles. The van der Waals surface area contributed by atoms with E-state index in [0.29, 0.717) is 11.7 Å². The molecule has 5 nitrogen and oxygen atoms in total. The number of hydrogen-bond acceptors (Lipinski definition) is 4. The molecule has 0 unspecified atom stereocenters. The zero-order valence-corrected chi connectivity index (χ0v) is 12.5. The van der Waals surface area contributed by atoms with Crippen molar-refractivity contribution in [3.8, 4) is 5.75 Å². The first-order chi connectivity index (χ1) is 9.60. The Kier molecular flexibility index (Phi) is 4.57. The van der Waals surface area contributed by atoms with Crippen LogP contribution in [0.25, 0.3) is 0 Å². The number of aryl methyl sites for hydroxylation is 2. The molecule has 0 aliphatic carbocycles. The van der Waals surface area contributed by atoms with Gasteiger partial charge in [-0.2, -0.15) is 0 Å². The maximum atomic E-state index is 5.26. The maximum Gasteiger partial charge on any atom is 0.171 e. The van der Waals surface area contributed by atoms with E-state index >= 15 is 0 Å². The predicted octanol–water partition coefficient (Wildman–Crippen LogP) is 2.79. The molecule has 0 saturated heterocycles. The number of ether oxygens (including phenoxy) is 1. The van der Waals surface area contributed by atoms with Gasteiger partial charge in [-0.15, -0.1) is 0 Å². The van der Waals surface area contributed by atoms with Gasteiger partial charge < -0.3 is 19.9 Å². The molecule has 1 aromatic carbocycles. The van der Waals surface area contributed by atoms with Gasteiger partial charge in [0.15, 0.2) is 5.11 Å². The largest absolute Gasteiger partial charge is 0.497 e. The van der Waals surface area contributed by atoms with Crippen LogP contribution >= 0.6 is 12.2 Å². The highest BCUT2D eigenvalue weighted by molar-refractivity contribution is 7.80. The lowest BCUT2D eigenvalue weighted by Gasteiger charge is -2.11. The molecule has 1 heterocycles. The Morgan fingerprint density at radius 2 is 2.20 bits per heavy atom. The fraction of sp³-hybridized carbons (Fsp3) is 0.286. The van der Waals surface area contributed by atoms with E-state index in [1.54, 1.807) is 7.11 Å². The summed E-state index contributed by atoms with van der Waals surface area (Å²) in [6, 6.07) is 7.58. The summed E-state index contributed by atoms with van der Waals surface area (Å²) in [4.78, 5) is 0. The summed E-state index contributed by atoms with van der Waals surface area (Å²) in [5.74, 6) is 1.59. The van der Waals surface area contributed by atoms with Crippen LogP contribution in [-0.4, -0.2) is 17.4 Å². The van der Waals surface area contributed by atoms with E-state index in [9.17, 15) is 0 Å². The van der Waals surface area contributed by atoms with Gasteiger partial charge in [-0.1, -0.05) is 11.2 Å². The zero-order chi connectivity index (χ0) is 14.5. The van der Waals surface area contributed by atoms with Crippen molar-refractivity contribution >= 4 is 23.0 Å². The first kappa shape index (κ1) is 14.3. The lowest BCUT2D eigenvalue weighted by Crippen LogP contribution is -2.28. The first-order valence-corrected chi connectivity index (χ1v) is 6.61. The van der Waals surface area contributed by atoms with Crippen molar-refractivity contribution in [1.29, 1.82) is 0 Å². The Balaban J connectivity index is 1.92. The summed E-state index contributed by atoms with van der Waals surface area (Å²) < 4.78 is 10.3. The smallest absolute Gasteiger partial charge is 0.171 e. The fourth-order valence-electron chi connectivity index (χ4n) is 1.80. The molecule has 0 amide bonds. The summed E-state index contributed by atoms with van der Waals surface area (Å²) in [6.45, 7) is 4.37. The fourth-order valence-corrected chi connectivity index (χ4v) is 1.99. The van der Waals surface area contributed by atoms with Gasteiger partial charge in [0.25, 0.3) is 0 Å². The maximum absolute atomic E-state index is 5.26. The lowest BCUT2D eigenvalue weighted by molar-refractivity contribution is 0.392. The average molecular weight is 291 g/mol. The summed E-state index contributed by atoms with van der Waals surface area (Å²) in [6.07, 6.45) is 0. The van der Waals surface area contributed by atoms with Crippen LogP contribution in [0.3, 0.4) is 0 Å². The SMILES string of the molecule is COc1cccc(NC(=S)NCc2c(C)noc2C)c1. The summed E-state index contributed by atoms with van der Waals surface area (Å²) in [5.41, 5.74) is 2.78.